The van der Waals surface area contributed by atoms with Crippen molar-refractivity contribution in [2.75, 3.05) is 38.2 Å². The first-order chi connectivity index (χ1) is 16.1. The topological polar surface area (TPSA) is 71.9 Å². The Morgan fingerprint density at radius 3 is 2.59 bits per heavy atom. The standard InChI is InChI=1S/C25H35BF2N4O2/c1-17-11-18-12-19(26(33)34)5-7-22(18)24(32(17)16-25(2,3)28)23-8-6-20(13-29-23)30-21-14-31(15-21)10-4-9-27/h5-8,12-13,17,21,24,30,33-34H,4,9-11,14-16H2,1-3H3/t17-,24?/m1/s1. The molecule has 184 valence electrons. The van der Waals surface area contributed by atoms with Gasteiger partial charge >= 0.3 is 7.12 Å². The molecule has 2 aliphatic heterocycles. The number of aromatic nitrogens is 1. The molecule has 0 amide bonds. The lowest BCUT2D eigenvalue weighted by Crippen LogP contribution is -2.54. The summed E-state index contributed by atoms with van der Waals surface area (Å²) in [6.07, 6.45) is 3.10. The molecule has 2 aliphatic rings. The van der Waals surface area contributed by atoms with Gasteiger partial charge in [0.1, 0.15) is 5.67 Å². The van der Waals surface area contributed by atoms with E-state index in [1.807, 2.05) is 30.5 Å². The maximum atomic E-state index is 14.8. The minimum atomic E-state index is -1.52. The quantitative estimate of drug-likeness (QED) is 0.487. The van der Waals surface area contributed by atoms with E-state index in [4.69, 9.17) is 4.98 Å². The fourth-order valence-corrected chi connectivity index (χ4v) is 5.12. The third kappa shape index (κ3) is 5.76. The largest absolute Gasteiger partial charge is 0.488 e. The molecule has 0 saturated carbocycles. The van der Waals surface area contributed by atoms with Crippen LogP contribution in [0.3, 0.4) is 0 Å². The maximum Gasteiger partial charge on any atom is 0.488 e. The second kappa shape index (κ2) is 10.3. The molecule has 1 unspecified atom stereocenters. The van der Waals surface area contributed by atoms with E-state index in [1.165, 1.54) is 0 Å². The smallest absolute Gasteiger partial charge is 0.423 e. The molecule has 0 radical (unpaired) electrons. The highest BCUT2D eigenvalue weighted by atomic mass is 19.1. The number of rotatable bonds is 9. The predicted molar refractivity (Wildman–Crippen MR) is 132 cm³/mol. The number of hydrogen-bond acceptors (Lipinski definition) is 6. The number of fused-ring (bicyclic) bond motifs is 1. The Morgan fingerprint density at radius 2 is 1.97 bits per heavy atom. The number of hydrogen-bond donors (Lipinski definition) is 3. The molecule has 1 fully saturated rings. The summed E-state index contributed by atoms with van der Waals surface area (Å²) in [4.78, 5) is 9.15. The van der Waals surface area contributed by atoms with Crippen molar-refractivity contribution >= 4 is 18.3 Å². The molecule has 6 nitrogen and oxygen atoms in total. The highest BCUT2D eigenvalue weighted by Gasteiger charge is 2.37. The fourth-order valence-electron chi connectivity index (χ4n) is 5.12. The number of nitrogens with zero attached hydrogens (tertiary/aromatic N) is 3. The van der Waals surface area contributed by atoms with Crippen LogP contribution < -0.4 is 10.8 Å². The van der Waals surface area contributed by atoms with Gasteiger partial charge in [-0.25, -0.2) is 4.39 Å². The molecule has 0 aliphatic carbocycles. The van der Waals surface area contributed by atoms with Crippen LogP contribution in [0.2, 0.25) is 0 Å². The van der Waals surface area contributed by atoms with Gasteiger partial charge in [-0.2, -0.15) is 0 Å². The van der Waals surface area contributed by atoms with E-state index < -0.39 is 12.8 Å². The van der Waals surface area contributed by atoms with Crippen LogP contribution in [0.5, 0.6) is 0 Å². The van der Waals surface area contributed by atoms with E-state index in [-0.39, 0.29) is 25.3 Å². The molecule has 2 atom stereocenters. The van der Waals surface area contributed by atoms with Crippen molar-refractivity contribution < 1.29 is 18.8 Å². The Bertz CT molecular complexity index is 964. The van der Waals surface area contributed by atoms with E-state index in [9.17, 15) is 18.8 Å². The van der Waals surface area contributed by atoms with Crippen LogP contribution in [0.15, 0.2) is 36.5 Å². The SMILES string of the molecule is C[C@@H]1Cc2cc(B(O)O)ccc2C(c2ccc(NC3CN(CCCF)C3)cn2)N1CC(C)(C)F. The monoisotopic (exact) mass is 472 g/mol. The summed E-state index contributed by atoms with van der Waals surface area (Å²) < 4.78 is 27.1. The number of likely N-dealkylation sites (tertiary alicyclic amines) is 1. The molecule has 9 heteroatoms. The maximum absolute atomic E-state index is 14.8. The van der Waals surface area contributed by atoms with Crippen LogP contribution in [-0.4, -0.2) is 82.6 Å². The second-order valence-electron chi connectivity index (χ2n) is 10.3. The molecular weight excluding hydrogens is 437 g/mol. The third-order valence-corrected chi connectivity index (χ3v) is 6.73. The lowest BCUT2D eigenvalue weighted by molar-refractivity contribution is 0.0664. The van der Waals surface area contributed by atoms with E-state index in [0.29, 0.717) is 24.3 Å². The van der Waals surface area contributed by atoms with Crippen molar-refractivity contribution in [2.24, 2.45) is 0 Å². The molecule has 0 bridgehead atoms. The Balaban J connectivity index is 1.56. The van der Waals surface area contributed by atoms with Crippen LogP contribution in [0.4, 0.5) is 14.5 Å². The average molecular weight is 472 g/mol. The number of anilines is 1. The summed E-state index contributed by atoms with van der Waals surface area (Å²) in [5.41, 5.74) is 2.89. The Kier molecular flexibility index (Phi) is 7.57. The molecule has 1 aromatic heterocycles. The first kappa shape index (κ1) is 25.0. The van der Waals surface area contributed by atoms with Gasteiger partial charge in [0.2, 0.25) is 0 Å². The number of halogens is 2. The van der Waals surface area contributed by atoms with Gasteiger partial charge in [-0.3, -0.25) is 19.2 Å². The fraction of sp³-hybridized carbons (Fsp3) is 0.560. The lowest BCUT2D eigenvalue weighted by Gasteiger charge is -2.43. The van der Waals surface area contributed by atoms with Gasteiger partial charge < -0.3 is 15.4 Å². The van der Waals surface area contributed by atoms with E-state index >= 15 is 0 Å². The molecule has 4 rings (SSSR count). The highest BCUT2D eigenvalue weighted by molar-refractivity contribution is 6.58. The highest BCUT2D eigenvalue weighted by Crippen LogP contribution is 2.38. The summed E-state index contributed by atoms with van der Waals surface area (Å²) in [7, 11) is -1.52. The van der Waals surface area contributed by atoms with Gasteiger partial charge in [0.25, 0.3) is 0 Å². The van der Waals surface area contributed by atoms with Crippen molar-refractivity contribution in [3.05, 3.63) is 53.3 Å². The van der Waals surface area contributed by atoms with Crippen LogP contribution >= 0.6 is 0 Å². The van der Waals surface area contributed by atoms with Crippen LogP contribution in [0.25, 0.3) is 0 Å². The molecule has 2 aromatic rings. The first-order valence-electron chi connectivity index (χ1n) is 12.1. The molecule has 0 spiro atoms. The summed E-state index contributed by atoms with van der Waals surface area (Å²) >= 11 is 0. The summed E-state index contributed by atoms with van der Waals surface area (Å²) in [5.74, 6) is 0. The van der Waals surface area contributed by atoms with Crippen molar-refractivity contribution in [3.63, 3.8) is 0 Å². The number of nitrogens with one attached hydrogen (secondary N) is 1. The van der Waals surface area contributed by atoms with Crippen molar-refractivity contribution in [3.8, 4) is 0 Å². The van der Waals surface area contributed by atoms with Gasteiger partial charge in [0.05, 0.1) is 36.3 Å². The average Bonchev–Trinajstić information content (AvgIpc) is 2.75. The third-order valence-electron chi connectivity index (χ3n) is 6.73. The first-order valence-corrected chi connectivity index (χ1v) is 12.1. The molecule has 3 N–H and O–H groups in total. The predicted octanol–water partition coefficient (Wildman–Crippen LogP) is 2.30. The van der Waals surface area contributed by atoms with Gasteiger partial charge in [0, 0.05) is 32.2 Å². The van der Waals surface area contributed by atoms with Gasteiger partial charge in [0.15, 0.2) is 0 Å². The molecule has 1 aromatic carbocycles. The summed E-state index contributed by atoms with van der Waals surface area (Å²) in [6.45, 7) is 7.83. The van der Waals surface area contributed by atoms with Gasteiger partial charge in [-0.15, -0.1) is 0 Å². The summed E-state index contributed by atoms with van der Waals surface area (Å²) in [5, 5.41) is 22.7. The molecule has 1 saturated heterocycles. The number of pyridine rings is 1. The van der Waals surface area contributed by atoms with Crippen molar-refractivity contribution in [1.29, 1.82) is 0 Å². The van der Waals surface area contributed by atoms with Crippen LogP contribution in [-0.2, 0) is 6.42 Å². The minimum Gasteiger partial charge on any atom is -0.423 e. The number of alkyl halides is 2. The molecular formula is C25H35BF2N4O2. The minimum absolute atomic E-state index is 0.0588. The van der Waals surface area contributed by atoms with Gasteiger partial charge in [-0.1, -0.05) is 18.2 Å². The van der Waals surface area contributed by atoms with Gasteiger partial charge in [-0.05, 0) is 62.3 Å². The number of benzene rings is 1. The zero-order chi connectivity index (χ0) is 24.5. The van der Waals surface area contributed by atoms with Crippen LogP contribution in [0.1, 0.15) is 50.1 Å². The Labute approximate surface area is 201 Å². The van der Waals surface area contributed by atoms with Crippen molar-refractivity contribution in [1.82, 2.24) is 14.8 Å². The Morgan fingerprint density at radius 1 is 1.21 bits per heavy atom. The van der Waals surface area contributed by atoms with E-state index in [0.717, 1.165) is 42.1 Å². The van der Waals surface area contributed by atoms with Crippen LogP contribution in [0, 0.1) is 0 Å². The lowest BCUT2D eigenvalue weighted by atomic mass is 9.76. The summed E-state index contributed by atoms with van der Waals surface area (Å²) in [6, 6.07) is 9.62. The van der Waals surface area contributed by atoms with Crippen molar-refractivity contribution in [2.45, 2.75) is 57.4 Å². The Hall–Kier alpha value is -2.07. The van der Waals surface area contributed by atoms with E-state index in [1.54, 1.807) is 19.9 Å². The second-order valence-corrected chi connectivity index (χ2v) is 10.3. The molecule has 3 heterocycles. The van der Waals surface area contributed by atoms with E-state index in [2.05, 4.69) is 22.0 Å². The molecule has 34 heavy (non-hydrogen) atoms. The zero-order valence-electron chi connectivity index (χ0n) is 20.2. The normalized spacial score (nSPS) is 21.7. The zero-order valence-corrected chi connectivity index (χ0v) is 20.2.